The van der Waals surface area contributed by atoms with Crippen LogP contribution in [0.2, 0.25) is 0 Å². The molecule has 0 atom stereocenters. The van der Waals surface area contributed by atoms with E-state index in [0.29, 0.717) is 5.65 Å². The molecule has 0 aliphatic rings. The average Bonchev–Trinajstić information content (AvgIpc) is 3.60. The molecule has 186 valence electrons. The number of halogens is 1. The Labute approximate surface area is 212 Å². The number of rotatable bonds is 7. The van der Waals surface area contributed by atoms with Crippen LogP contribution in [-0.4, -0.2) is 67.0 Å². The van der Waals surface area contributed by atoms with E-state index in [2.05, 4.69) is 40.5 Å². The molecule has 0 amide bonds. The molecule has 37 heavy (non-hydrogen) atoms. The van der Waals surface area contributed by atoms with Gasteiger partial charge in [0.15, 0.2) is 0 Å². The topological polar surface area (TPSA) is 103 Å². The van der Waals surface area contributed by atoms with Crippen LogP contribution in [0.4, 0.5) is 10.1 Å². The van der Waals surface area contributed by atoms with Crippen LogP contribution in [-0.2, 0) is 7.05 Å². The van der Waals surface area contributed by atoms with E-state index in [4.69, 9.17) is 0 Å². The lowest BCUT2D eigenvalue weighted by molar-refractivity contribution is 0.425. The number of aromatic amines is 2. The zero-order valence-electron chi connectivity index (χ0n) is 20.7. The van der Waals surface area contributed by atoms with E-state index in [0.717, 1.165) is 68.8 Å². The van der Waals surface area contributed by atoms with Crippen LogP contribution in [0.3, 0.4) is 0 Å². The maximum absolute atomic E-state index is 14.6. The van der Waals surface area contributed by atoms with E-state index < -0.39 is 0 Å². The fourth-order valence-electron chi connectivity index (χ4n) is 4.51. The Morgan fingerprint density at radius 3 is 2.73 bits per heavy atom. The molecule has 3 N–H and O–H groups in total. The van der Waals surface area contributed by atoms with Gasteiger partial charge in [-0.2, -0.15) is 10.2 Å². The number of nitrogens with one attached hydrogen (secondary N) is 3. The lowest BCUT2D eigenvalue weighted by Crippen LogP contribution is -2.20. The quantitative estimate of drug-likeness (QED) is 0.297. The van der Waals surface area contributed by atoms with Crippen molar-refractivity contribution >= 4 is 27.6 Å². The summed E-state index contributed by atoms with van der Waals surface area (Å²) in [5, 5.41) is 17.0. The molecule has 6 aromatic rings. The number of hydrogen-bond donors (Lipinski definition) is 3. The molecule has 0 unspecified atom stereocenters. The number of hydrogen-bond acceptors (Lipinski definition) is 6. The lowest BCUT2D eigenvalue weighted by atomic mass is 10.0. The number of likely N-dealkylation sites (N-methyl/N-ethyl adjacent to an activating group) is 1. The first-order valence-corrected chi connectivity index (χ1v) is 12.0. The van der Waals surface area contributed by atoms with Crippen LogP contribution in [0.1, 0.15) is 0 Å². The number of aromatic nitrogens is 7. The van der Waals surface area contributed by atoms with Gasteiger partial charge in [0.1, 0.15) is 17.2 Å². The van der Waals surface area contributed by atoms with Crippen molar-refractivity contribution in [1.29, 1.82) is 0 Å². The van der Waals surface area contributed by atoms with Crippen molar-refractivity contribution in [2.45, 2.75) is 0 Å². The van der Waals surface area contributed by atoms with Gasteiger partial charge < -0.3 is 15.2 Å². The molecule has 0 bridgehead atoms. The first-order chi connectivity index (χ1) is 17.9. The smallest absolute Gasteiger partial charge is 0.138 e. The van der Waals surface area contributed by atoms with E-state index in [1.165, 1.54) is 6.07 Å². The van der Waals surface area contributed by atoms with Crippen molar-refractivity contribution in [3.05, 3.63) is 67.0 Å². The number of fused-ring (bicyclic) bond motifs is 2. The van der Waals surface area contributed by atoms with Gasteiger partial charge in [-0.1, -0.05) is 0 Å². The van der Waals surface area contributed by atoms with Gasteiger partial charge in [-0.3, -0.25) is 14.8 Å². The third kappa shape index (κ3) is 4.43. The summed E-state index contributed by atoms with van der Waals surface area (Å²) in [6.07, 6.45) is 7.22. The normalized spacial score (nSPS) is 11.7. The van der Waals surface area contributed by atoms with E-state index in [9.17, 15) is 4.39 Å². The van der Waals surface area contributed by atoms with Crippen LogP contribution >= 0.6 is 0 Å². The van der Waals surface area contributed by atoms with Gasteiger partial charge in [-0.05, 0) is 61.6 Å². The summed E-state index contributed by atoms with van der Waals surface area (Å²) in [5.41, 5.74) is 7.25. The molecule has 1 aromatic carbocycles. The second-order valence-electron chi connectivity index (χ2n) is 9.35. The van der Waals surface area contributed by atoms with Gasteiger partial charge in [0, 0.05) is 54.6 Å². The standard InChI is InChI=1S/C27H26FN9/c1-36(2)7-6-29-19-9-16(8-18(28)10-19)20-4-5-30-27-21(20)11-24(33-27)26-22-12-23(17-13-32-37(3)15-17)31-14-25(22)34-35-26/h4-5,8-15,29H,6-7H2,1-3H3,(H,30,33)(H,34,35). The van der Waals surface area contributed by atoms with Crippen molar-refractivity contribution in [2.75, 3.05) is 32.5 Å². The monoisotopic (exact) mass is 495 g/mol. The first kappa shape index (κ1) is 22.9. The van der Waals surface area contributed by atoms with Crippen molar-refractivity contribution in [1.82, 2.24) is 39.8 Å². The van der Waals surface area contributed by atoms with Crippen molar-refractivity contribution in [3.63, 3.8) is 0 Å². The molecule has 6 rings (SSSR count). The number of H-pyrrole nitrogens is 2. The zero-order valence-corrected chi connectivity index (χ0v) is 20.7. The molecule has 0 aliphatic heterocycles. The van der Waals surface area contributed by atoms with Gasteiger partial charge in [-0.15, -0.1) is 0 Å². The largest absolute Gasteiger partial charge is 0.384 e. The summed E-state index contributed by atoms with van der Waals surface area (Å²) in [7, 11) is 5.89. The molecule has 5 aromatic heterocycles. The first-order valence-electron chi connectivity index (χ1n) is 12.0. The molecule has 5 heterocycles. The number of aryl methyl sites for hydroxylation is 1. The number of benzene rings is 1. The van der Waals surface area contributed by atoms with Gasteiger partial charge in [-0.25, -0.2) is 9.37 Å². The van der Waals surface area contributed by atoms with Crippen LogP contribution in [0.5, 0.6) is 0 Å². The summed E-state index contributed by atoms with van der Waals surface area (Å²) in [4.78, 5) is 14.6. The molecule has 0 spiro atoms. The van der Waals surface area contributed by atoms with E-state index in [1.54, 1.807) is 29.3 Å². The van der Waals surface area contributed by atoms with Crippen LogP contribution < -0.4 is 5.32 Å². The molecular formula is C27H26FN9. The van der Waals surface area contributed by atoms with E-state index in [-0.39, 0.29) is 5.82 Å². The highest BCUT2D eigenvalue weighted by atomic mass is 19.1. The van der Waals surface area contributed by atoms with E-state index in [1.807, 2.05) is 51.6 Å². The third-order valence-electron chi connectivity index (χ3n) is 6.33. The van der Waals surface area contributed by atoms with Gasteiger partial charge >= 0.3 is 0 Å². The molecule has 0 saturated heterocycles. The minimum atomic E-state index is -0.292. The fourth-order valence-corrected chi connectivity index (χ4v) is 4.51. The maximum atomic E-state index is 14.6. The molecule has 0 aliphatic carbocycles. The van der Waals surface area contributed by atoms with Crippen molar-refractivity contribution in [2.24, 2.45) is 7.05 Å². The van der Waals surface area contributed by atoms with Crippen LogP contribution in [0, 0.1) is 5.82 Å². The number of pyridine rings is 2. The van der Waals surface area contributed by atoms with Gasteiger partial charge in [0.2, 0.25) is 0 Å². The summed E-state index contributed by atoms with van der Waals surface area (Å²) in [6, 6.07) is 11.0. The zero-order chi connectivity index (χ0) is 25.5. The Morgan fingerprint density at radius 1 is 1.03 bits per heavy atom. The van der Waals surface area contributed by atoms with Crippen LogP contribution in [0.25, 0.3) is 55.7 Å². The Balaban J connectivity index is 1.40. The van der Waals surface area contributed by atoms with Gasteiger partial charge in [0.05, 0.1) is 29.3 Å². The maximum Gasteiger partial charge on any atom is 0.138 e. The minimum Gasteiger partial charge on any atom is -0.384 e. The van der Waals surface area contributed by atoms with Crippen LogP contribution in [0.15, 0.2) is 61.2 Å². The summed E-state index contributed by atoms with van der Waals surface area (Å²) in [6.45, 7) is 1.57. The average molecular weight is 496 g/mol. The molecular weight excluding hydrogens is 469 g/mol. The third-order valence-corrected chi connectivity index (χ3v) is 6.33. The molecule has 10 heteroatoms. The number of nitrogens with zero attached hydrogens (tertiary/aromatic N) is 6. The Bertz CT molecular complexity index is 1730. The van der Waals surface area contributed by atoms with Crippen molar-refractivity contribution in [3.8, 4) is 33.8 Å². The summed E-state index contributed by atoms with van der Waals surface area (Å²) >= 11 is 0. The second kappa shape index (κ2) is 9.14. The summed E-state index contributed by atoms with van der Waals surface area (Å²) < 4.78 is 16.3. The molecule has 9 nitrogen and oxygen atoms in total. The Hall–Kier alpha value is -4.57. The highest BCUT2D eigenvalue weighted by Crippen LogP contribution is 2.35. The van der Waals surface area contributed by atoms with E-state index >= 15 is 0 Å². The highest BCUT2D eigenvalue weighted by Gasteiger charge is 2.16. The van der Waals surface area contributed by atoms with Crippen molar-refractivity contribution < 1.29 is 4.39 Å². The second-order valence-corrected chi connectivity index (χ2v) is 9.35. The predicted octanol–water partition coefficient (Wildman–Crippen LogP) is 4.68. The molecule has 0 fully saturated rings. The minimum absolute atomic E-state index is 0.292. The molecule has 0 radical (unpaired) electrons. The predicted molar refractivity (Wildman–Crippen MR) is 144 cm³/mol. The Morgan fingerprint density at radius 2 is 1.92 bits per heavy atom. The fraction of sp³-hybridized carbons (Fsp3) is 0.185. The molecule has 0 saturated carbocycles. The summed E-state index contributed by atoms with van der Waals surface area (Å²) in [5.74, 6) is -0.292. The SMILES string of the molecule is CN(C)CCNc1cc(F)cc(-c2ccnc3[nH]c(-c4n[nH]c5cnc(-c6cnn(C)c6)cc45)cc23)c1. The highest BCUT2D eigenvalue weighted by molar-refractivity contribution is 6.00. The van der Waals surface area contributed by atoms with Gasteiger partial charge in [0.25, 0.3) is 0 Å². The Kier molecular flexibility index (Phi) is 5.65. The lowest BCUT2D eigenvalue weighted by Gasteiger charge is -2.13. The number of anilines is 1.